The van der Waals surface area contributed by atoms with Crippen LogP contribution in [-0.4, -0.2) is 53.5 Å². The molecule has 10 heteroatoms. The smallest absolute Gasteiger partial charge is 0.310 e. The second-order valence-corrected chi connectivity index (χ2v) is 7.01. The lowest BCUT2D eigenvalue weighted by molar-refractivity contribution is -0.127. The molecule has 0 heterocycles. The topological polar surface area (TPSA) is 139 Å². The van der Waals surface area contributed by atoms with Crippen molar-refractivity contribution in [3.63, 3.8) is 0 Å². The summed E-state index contributed by atoms with van der Waals surface area (Å²) in [6, 6.07) is 16.2. The first-order valence-corrected chi connectivity index (χ1v) is 9.52. The number of anilines is 1. The highest BCUT2D eigenvalue weighted by Gasteiger charge is 2.21. The van der Waals surface area contributed by atoms with Crippen molar-refractivity contribution in [2.24, 2.45) is 0 Å². The number of benzene rings is 2. The zero-order valence-corrected chi connectivity index (χ0v) is 19.0. The van der Waals surface area contributed by atoms with Gasteiger partial charge in [-0.25, -0.2) is 0 Å². The first-order chi connectivity index (χ1) is 14.3. The van der Waals surface area contributed by atoms with E-state index in [2.05, 4.69) is 16.2 Å². The number of amides is 3. The third kappa shape index (κ3) is 8.84. The Balaban J connectivity index is 0.00000480. The Morgan fingerprint density at radius 3 is 2.16 bits per heavy atom. The van der Waals surface area contributed by atoms with Crippen molar-refractivity contribution in [1.29, 1.82) is 0 Å². The third-order valence-corrected chi connectivity index (χ3v) is 4.52. The van der Waals surface area contributed by atoms with Crippen LogP contribution in [-0.2, 0) is 20.8 Å². The minimum absolute atomic E-state index is 0. The number of carbonyl (C=O) groups is 4. The second kappa shape index (κ2) is 13.9. The van der Waals surface area contributed by atoms with Gasteiger partial charge in [0, 0.05) is 13.0 Å². The van der Waals surface area contributed by atoms with Gasteiger partial charge in [-0.3, -0.25) is 34.9 Å². The van der Waals surface area contributed by atoms with Crippen LogP contribution in [0.25, 0.3) is 0 Å². The minimum Gasteiger partial charge on any atom is -0.412 e. The fraction of sp³-hybridized carbons (Fsp3) is 0.273. The molecule has 3 amide bonds. The van der Waals surface area contributed by atoms with Crippen molar-refractivity contribution in [3.8, 4) is 0 Å². The van der Waals surface area contributed by atoms with Crippen LogP contribution in [0.15, 0.2) is 54.6 Å². The maximum absolute atomic E-state index is 12.4. The summed E-state index contributed by atoms with van der Waals surface area (Å²) in [5.74, 6) is -2.68. The van der Waals surface area contributed by atoms with Gasteiger partial charge in [0.1, 0.15) is 0 Å². The summed E-state index contributed by atoms with van der Waals surface area (Å²) in [5.41, 5.74) is 5.81. The van der Waals surface area contributed by atoms with Crippen LogP contribution in [0.4, 0.5) is 5.69 Å². The van der Waals surface area contributed by atoms with E-state index in [1.807, 2.05) is 49.2 Å². The summed E-state index contributed by atoms with van der Waals surface area (Å²) >= 11 is 0. The molecule has 2 aromatic carbocycles. The Bertz CT molecular complexity index is 924. The number of halogens is 1. The molecule has 2 rings (SSSR count). The van der Waals surface area contributed by atoms with Gasteiger partial charge >= 0.3 is 5.91 Å². The number of carbonyl (C=O) groups excluding carboxylic acids is 4. The Labute approximate surface area is 193 Å². The molecule has 0 aromatic heterocycles. The van der Waals surface area contributed by atoms with E-state index in [-0.39, 0.29) is 47.6 Å². The standard InChI is InChI=1S/C22H26N4O4.ClH.H2O/c1-15(13-17-9-5-4-6-10-17)26(3)14-20(28)24-25-22(30)21(29)18-11-7-8-12-19(18)23-16(2)27;;/h4-12,15H,13-14H2,1-3H3,(H,23,27)(H,24,28)(H,25,30);1H;1H2. The number of nitrogens with one attached hydrogen (secondary N) is 3. The maximum Gasteiger partial charge on any atom is 0.310 e. The molecule has 1 unspecified atom stereocenters. The molecular weight excluding hydrogens is 436 g/mol. The Morgan fingerprint density at radius 1 is 0.938 bits per heavy atom. The summed E-state index contributed by atoms with van der Waals surface area (Å²) in [5, 5.41) is 2.50. The molecule has 0 saturated heterocycles. The quantitative estimate of drug-likeness (QED) is 0.305. The van der Waals surface area contributed by atoms with Gasteiger partial charge in [0.05, 0.1) is 17.8 Å². The monoisotopic (exact) mass is 464 g/mol. The van der Waals surface area contributed by atoms with Crippen molar-refractivity contribution < 1.29 is 24.7 Å². The highest BCUT2D eigenvalue weighted by atomic mass is 35.5. The van der Waals surface area contributed by atoms with Crippen molar-refractivity contribution in [1.82, 2.24) is 15.8 Å². The summed E-state index contributed by atoms with van der Waals surface area (Å²) in [6.45, 7) is 3.35. The van der Waals surface area contributed by atoms with Gasteiger partial charge in [-0.05, 0) is 38.1 Å². The van der Waals surface area contributed by atoms with Gasteiger partial charge in [0.25, 0.3) is 11.7 Å². The van der Waals surface area contributed by atoms with Crippen LogP contribution in [0, 0.1) is 0 Å². The van der Waals surface area contributed by atoms with Gasteiger partial charge in [0.2, 0.25) is 5.91 Å². The van der Waals surface area contributed by atoms with E-state index in [1.54, 1.807) is 12.1 Å². The molecule has 0 radical (unpaired) electrons. The molecule has 32 heavy (non-hydrogen) atoms. The Morgan fingerprint density at radius 2 is 1.53 bits per heavy atom. The lowest BCUT2D eigenvalue weighted by Crippen LogP contribution is -2.49. The maximum atomic E-state index is 12.4. The number of hydrogen-bond donors (Lipinski definition) is 3. The highest BCUT2D eigenvalue weighted by Crippen LogP contribution is 2.15. The largest absolute Gasteiger partial charge is 0.412 e. The first-order valence-electron chi connectivity index (χ1n) is 9.52. The zero-order valence-electron chi connectivity index (χ0n) is 18.2. The highest BCUT2D eigenvalue weighted by molar-refractivity contribution is 6.44. The number of ketones is 1. The van der Waals surface area contributed by atoms with Crippen LogP contribution in [0.3, 0.4) is 0 Å². The van der Waals surface area contributed by atoms with Gasteiger partial charge in [0.15, 0.2) is 0 Å². The van der Waals surface area contributed by atoms with Crippen molar-refractivity contribution in [3.05, 3.63) is 65.7 Å². The number of likely N-dealkylation sites (N-methyl/N-ethyl adjacent to an activating group) is 1. The molecule has 1 atom stereocenters. The molecule has 0 aliphatic rings. The first kappa shape index (κ1) is 28.7. The van der Waals surface area contributed by atoms with Gasteiger partial charge in [-0.1, -0.05) is 42.5 Å². The molecule has 2 aromatic rings. The fourth-order valence-electron chi connectivity index (χ4n) is 2.82. The lowest BCUT2D eigenvalue weighted by Gasteiger charge is -2.24. The van der Waals surface area contributed by atoms with Crippen LogP contribution in [0.1, 0.15) is 29.8 Å². The molecule has 174 valence electrons. The number of rotatable bonds is 8. The number of para-hydroxylation sites is 1. The summed E-state index contributed by atoms with van der Waals surface area (Å²) < 4.78 is 0. The summed E-state index contributed by atoms with van der Waals surface area (Å²) in [7, 11) is 1.81. The molecule has 5 N–H and O–H groups in total. The zero-order chi connectivity index (χ0) is 22.1. The number of hydrazine groups is 1. The third-order valence-electron chi connectivity index (χ3n) is 4.52. The van der Waals surface area contributed by atoms with Crippen LogP contribution in [0.2, 0.25) is 0 Å². The van der Waals surface area contributed by atoms with E-state index < -0.39 is 17.6 Å². The van der Waals surface area contributed by atoms with E-state index in [4.69, 9.17) is 0 Å². The SMILES string of the molecule is CC(=O)Nc1ccccc1C(=O)C(=O)NNC(=O)CN(C)C(C)Cc1ccccc1.Cl.O. The fourth-order valence-corrected chi connectivity index (χ4v) is 2.82. The Hall–Kier alpha value is -3.27. The predicted molar refractivity (Wildman–Crippen MR) is 124 cm³/mol. The molecule has 0 saturated carbocycles. The predicted octanol–water partition coefficient (Wildman–Crippen LogP) is 1.14. The molecule has 0 spiro atoms. The molecule has 0 aliphatic carbocycles. The van der Waals surface area contributed by atoms with Crippen molar-refractivity contribution >= 4 is 41.6 Å². The lowest BCUT2D eigenvalue weighted by atomic mass is 10.1. The normalized spacial score (nSPS) is 10.8. The summed E-state index contributed by atoms with van der Waals surface area (Å²) in [6.07, 6.45) is 0.773. The molecule has 0 bridgehead atoms. The molecule has 0 fully saturated rings. The number of nitrogens with zero attached hydrogens (tertiary/aromatic N) is 1. The molecule has 9 nitrogen and oxygen atoms in total. The van der Waals surface area contributed by atoms with E-state index >= 15 is 0 Å². The molecular formula is C22H29ClN4O5. The average Bonchev–Trinajstić information content (AvgIpc) is 2.72. The number of Topliss-reactive ketones (excluding diaryl/α,β-unsaturated/α-hetero) is 1. The van der Waals surface area contributed by atoms with Crippen molar-refractivity contribution in [2.45, 2.75) is 26.3 Å². The second-order valence-electron chi connectivity index (χ2n) is 7.01. The summed E-state index contributed by atoms with van der Waals surface area (Å²) in [4.78, 5) is 49.8. The van der Waals surface area contributed by atoms with E-state index in [1.165, 1.54) is 19.1 Å². The average molecular weight is 465 g/mol. The van der Waals surface area contributed by atoms with Crippen molar-refractivity contribution in [2.75, 3.05) is 18.9 Å². The van der Waals surface area contributed by atoms with Gasteiger partial charge < -0.3 is 10.8 Å². The number of hydrogen-bond acceptors (Lipinski definition) is 5. The van der Waals surface area contributed by atoms with E-state index in [0.717, 1.165) is 12.0 Å². The van der Waals surface area contributed by atoms with Crippen LogP contribution >= 0.6 is 12.4 Å². The van der Waals surface area contributed by atoms with E-state index in [0.29, 0.717) is 0 Å². The minimum atomic E-state index is -0.999. The van der Waals surface area contributed by atoms with Crippen LogP contribution in [0.5, 0.6) is 0 Å². The van der Waals surface area contributed by atoms with Crippen LogP contribution < -0.4 is 16.2 Å². The van der Waals surface area contributed by atoms with Gasteiger partial charge in [-0.15, -0.1) is 12.4 Å². The van der Waals surface area contributed by atoms with E-state index in [9.17, 15) is 19.2 Å². The molecule has 0 aliphatic heterocycles. The van der Waals surface area contributed by atoms with Gasteiger partial charge in [-0.2, -0.15) is 0 Å². The Kier molecular flexibility index (Phi) is 12.5.